The van der Waals surface area contributed by atoms with Crippen LogP contribution in [0, 0.1) is 0 Å². The lowest BCUT2D eigenvalue weighted by molar-refractivity contribution is 0.221. The molecule has 0 amide bonds. The second-order valence-electron chi connectivity index (χ2n) is 7.47. The molecule has 6 heteroatoms. The van der Waals surface area contributed by atoms with Gasteiger partial charge in [-0.25, -0.2) is 8.42 Å². The van der Waals surface area contributed by atoms with Crippen LogP contribution in [0.5, 0.6) is 5.75 Å². The highest BCUT2D eigenvalue weighted by Gasteiger charge is 2.31. The summed E-state index contributed by atoms with van der Waals surface area (Å²) < 4.78 is 33.7. The Hall–Kier alpha value is -1.11. The number of hydrogen-bond donors (Lipinski definition) is 0. The maximum atomic E-state index is 13.2. The molecule has 0 aliphatic carbocycles. The molecule has 0 saturated carbocycles. The van der Waals surface area contributed by atoms with Gasteiger partial charge in [0.05, 0.1) is 6.61 Å². The Bertz CT molecular complexity index is 657. The molecule has 1 aromatic rings. The Labute approximate surface area is 146 Å². The van der Waals surface area contributed by atoms with Crippen LogP contribution in [0.2, 0.25) is 0 Å². The molecule has 1 fully saturated rings. The molecule has 1 aliphatic heterocycles. The SMILES string of the molecule is CCCOc1ccc(C(C)(C)C)cc1S(=O)(=O)N1CCN(C)CC1. The summed E-state index contributed by atoms with van der Waals surface area (Å²) in [5, 5.41) is 0. The van der Waals surface area contributed by atoms with E-state index in [9.17, 15) is 8.42 Å². The van der Waals surface area contributed by atoms with Crippen molar-refractivity contribution in [1.82, 2.24) is 9.21 Å². The van der Waals surface area contributed by atoms with Gasteiger partial charge in [0.15, 0.2) is 0 Å². The average molecular weight is 355 g/mol. The van der Waals surface area contributed by atoms with E-state index in [1.807, 2.05) is 20.0 Å². The normalized spacial score (nSPS) is 17.9. The monoisotopic (exact) mass is 354 g/mol. The Morgan fingerprint density at radius 3 is 2.29 bits per heavy atom. The van der Waals surface area contributed by atoms with Crippen LogP contribution in [-0.4, -0.2) is 57.5 Å². The van der Waals surface area contributed by atoms with Gasteiger partial charge in [-0.3, -0.25) is 0 Å². The highest BCUT2D eigenvalue weighted by atomic mass is 32.2. The first-order valence-electron chi connectivity index (χ1n) is 8.62. The molecule has 24 heavy (non-hydrogen) atoms. The summed E-state index contributed by atoms with van der Waals surface area (Å²) in [6.07, 6.45) is 0.842. The smallest absolute Gasteiger partial charge is 0.246 e. The second kappa shape index (κ2) is 7.42. The van der Waals surface area contributed by atoms with Crippen LogP contribution in [0.4, 0.5) is 0 Å². The summed E-state index contributed by atoms with van der Waals surface area (Å²) in [6, 6.07) is 5.56. The van der Waals surface area contributed by atoms with E-state index in [1.54, 1.807) is 16.4 Å². The Balaban J connectivity index is 2.44. The summed E-state index contributed by atoms with van der Waals surface area (Å²) in [5.41, 5.74) is 0.884. The van der Waals surface area contributed by atoms with E-state index >= 15 is 0 Å². The largest absolute Gasteiger partial charge is 0.492 e. The van der Waals surface area contributed by atoms with Crippen molar-refractivity contribution < 1.29 is 13.2 Å². The number of sulfonamides is 1. The number of benzene rings is 1. The van der Waals surface area contributed by atoms with Crippen LogP contribution < -0.4 is 4.74 Å². The van der Waals surface area contributed by atoms with Crippen molar-refractivity contribution in [3.8, 4) is 5.75 Å². The van der Waals surface area contributed by atoms with Gasteiger partial charge in [-0.2, -0.15) is 4.31 Å². The standard InChI is InChI=1S/C18H30N2O3S/c1-6-13-23-16-8-7-15(18(2,3)4)14-17(16)24(21,22)20-11-9-19(5)10-12-20/h7-8,14H,6,9-13H2,1-5H3. The van der Waals surface area contributed by atoms with Gasteiger partial charge in [-0.15, -0.1) is 0 Å². The number of ether oxygens (including phenoxy) is 1. The van der Waals surface area contributed by atoms with Crippen molar-refractivity contribution >= 4 is 10.0 Å². The molecule has 2 rings (SSSR count). The van der Waals surface area contributed by atoms with Crippen molar-refractivity contribution in [3.63, 3.8) is 0 Å². The van der Waals surface area contributed by atoms with Gasteiger partial charge >= 0.3 is 0 Å². The average Bonchev–Trinajstić information content (AvgIpc) is 2.52. The van der Waals surface area contributed by atoms with Crippen molar-refractivity contribution in [1.29, 1.82) is 0 Å². The Morgan fingerprint density at radius 1 is 1.12 bits per heavy atom. The number of likely N-dealkylation sites (N-methyl/N-ethyl adjacent to an activating group) is 1. The van der Waals surface area contributed by atoms with Crippen LogP contribution in [0.25, 0.3) is 0 Å². The quantitative estimate of drug-likeness (QED) is 0.816. The maximum Gasteiger partial charge on any atom is 0.246 e. The molecule has 0 atom stereocenters. The molecule has 1 aliphatic rings. The van der Waals surface area contributed by atoms with Crippen LogP contribution in [0.3, 0.4) is 0 Å². The third-order valence-electron chi connectivity index (χ3n) is 4.35. The van der Waals surface area contributed by atoms with Gasteiger partial charge in [0.2, 0.25) is 10.0 Å². The lowest BCUT2D eigenvalue weighted by atomic mass is 9.87. The zero-order valence-corrected chi connectivity index (χ0v) is 16.3. The number of piperazine rings is 1. The van der Waals surface area contributed by atoms with Crippen LogP contribution in [0.1, 0.15) is 39.7 Å². The molecule has 0 spiro atoms. The van der Waals surface area contributed by atoms with E-state index in [-0.39, 0.29) is 5.41 Å². The van der Waals surface area contributed by atoms with E-state index < -0.39 is 10.0 Å². The van der Waals surface area contributed by atoms with Crippen LogP contribution in [-0.2, 0) is 15.4 Å². The first-order valence-corrected chi connectivity index (χ1v) is 10.1. The Morgan fingerprint density at radius 2 is 1.75 bits per heavy atom. The fourth-order valence-corrected chi connectivity index (χ4v) is 4.25. The molecule has 1 heterocycles. The van der Waals surface area contributed by atoms with Crippen LogP contribution in [0.15, 0.2) is 23.1 Å². The number of rotatable bonds is 5. The summed E-state index contributed by atoms with van der Waals surface area (Å²) in [7, 11) is -1.53. The van der Waals surface area contributed by atoms with E-state index in [4.69, 9.17) is 4.74 Å². The van der Waals surface area contributed by atoms with E-state index in [0.717, 1.165) is 25.1 Å². The molecule has 0 N–H and O–H groups in total. The predicted molar refractivity (Wildman–Crippen MR) is 97.2 cm³/mol. The minimum absolute atomic E-state index is 0.115. The van der Waals surface area contributed by atoms with Crippen molar-refractivity contribution in [3.05, 3.63) is 23.8 Å². The zero-order valence-electron chi connectivity index (χ0n) is 15.5. The fraction of sp³-hybridized carbons (Fsp3) is 0.667. The first kappa shape index (κ1) is 19.2. The van der Waals surface area contributed by atoms with Crippen molar-refractivity contribution in [2.24, 2.45) is 0 Å². The molecule has 0 unspecified atom stereocenters. The van der Waals surface area contributed by atoms with Gasteiger partial charge in [0, 0.05) is 26.2 Å². The first-order chi connectivity index (χ1) is 11.2. The van der Waals surface area contributed by atoms with E-state index in [2.05, 4.69) is 25.7 Å². The van der Waals surface area contributed by atoms with Crippen molar-refractivity contribution in [2.75, 3.05) is 39.8 Å². The van der Waals surface area contributed by atoms with Gasteiger partial charge < -0.3 is 9.64 Å². The number of nitrogens with zero attached hydrogens (tertiary/aromatic N) is 2. The van der Waals surface area contributed by atoms with E-state index in [1.165, 1.54) is 0 Å². The Kier molecular flexibility index (Phi) is 5.94. The minimum Gasteiger partial charge on any atom is -0.492 e. The summed E-state index contributed by atoms with van der Waals surface area (Å²) in [6.45, 7) is 11.3. The molecule has 5 nitrogen and oxygen atoms in total. The number of hydrogen-bond acceptors (Lipinski definition) is 4. The molecule has 1 saturated heterocycles. The van der Waals surface area contributed by atoms with E-state index in [0.29, 0.717) is 30.3 Å². The van der Waals surface area contributed by atoms with Gasteiger partial charge in [-0.05, 0) is 36.6 Å². The predicted octanol–water partition coefficient (Wildman–Crippen LogP) is 2.71. The van der Waals surface area contributed by atoms with Crippen molar-refractivity contribution in [2.45, 2.75) is 44.4 Å². The van der Waals surface area contributed by atoms with Gasteiger partial charge in [-0.1, -0.05) is 33.8 Å². The second-order valence-corrected chi connectivity index (χ2v) is 9.37. The molecule has 0 radical (unpaired) electrons. The highest BCUT2D eigenvalue weighted by molar-refractivity contribution is 7.89. The molecular weight excluding hydrogens is 324 g/mol. The molecule has 0 bridgehead atoms. The van der Waals surface area contributed by atoms with Gasteiger partial charge in [0.1, 0.15) is 10.6 Å². The topological polar surface area (TPSA) is 49.9 Å². The third kappa shape index (κ3) is 4.29. The summed E-state index contributed by atoms with van der Waals surface area (Å²) >= 11 is 0. The molecule has 1 aromatic carbocycles. The molecule has 136 valence electrons. The maximum absolute atomic E-state index is 13.2. The highest BCUT2D eigenvalue weighted by Crippen LogP contribution is 2.33. The summed E-state index contributed by atoms with van der Waals surface area (Å²) in [4.78, 5) is 2.44. The molecular formula is C18H30N2O3S. The lowest BCUT2D eigenvalue weighted by Gasteiger charge is -2.32. The van der Waals surface area contributed by atoms with Gasteiger partial charge in [0.25, 0.3) is 0 Å². The van der Waals surface area contributed by atoms with Crippen LogP contribution >= 0.6 is 0 Å². The molecule has 0 aromatic heterocycles. The lowest BCUT2D eigenvalue weighted by Crippen LogP contribution is -2.47. The minimum atomic E-state index is -3.55. The summed E-state index contributed by atoms with van der Waals surface area (Å²) in [5.74, 6) is 0.462. The zero-order chi connectivity index (χ0) is 18.0. The third-order valence-corrected chi connectivity index (χ3v) is 6.27. The fourth-order valence-electron chi connectivity index (χ4n) is 2.67.